The smallest absolute Gasteiger partial charge is 0.259 e. The van der Waals surface area contributed by atoms with Crippen LogP contribution in [0, 0.1) is 0 Å². The lowest BCUT2D eigenvalue weighted by Gasteiger charge is -2.13. The van der Waals surface area contributed by atoms with E-state index in [2.05, 4.69) is 34.9 Å². The molecule has 0 fully saturated rings. The van der Waals surface area contributed by atoms with Crippen molar-refractivity contribution in [1.29, 1.82) is 0 Å². The summed E-state index contributed by atoms with van der Waals surface area (Å²) in [6.45, 7) is 0.962. The molecule has 244 valence electrons. The van der Waals surface area contributed by atoms with Crippen molar-refractivity contribution >= 4 is 23.2 Å². The van der Waals surface area contributed by atoms with Gasteiger partial charge >= 0.3 is 0 Å². The summed E-state index contributed by atoms with van der Waals surface area (Å²) in [6.07, 6.45) is 2.23. The minimum atomic E-state index is -0.220. The molecule has 6 aromatic rings. The van der Waals surface area contributed by atoms with E-state index >= 15 is 0 Å². The minimum absolute atomic E-state index is 0.220. The Morgan fingerprint density at radius 3 is 1.18 bits per heavy atom. The third-order valence-corrected chi connectivity index (χ3v) is 8.08. The van der Waals surface area contributed by atoms with Crippen molar-refractivity contribution in [3.05, 3.63) is 191 Å². The summed E-state index contributed by atoms with van der Waals surface area (Å²) in [6, 6.07) is 50.5. The second kappa shape index (κ2) is 16.6. The highest BCUT2D eigenvalue weighted by atomic mass is 16.5. The molecule has 6 aromatic carbocycles. The molecule has 0 atom stereocenters. The lowest BCUT2D eigenvalue weighted by molar-refractivity contribution is 0.101. The van der Waals surface area contributed by atoms with Crippen LogP contribution in [0.25, 0.3) is 0 Å². The molecule has 0 heterocycles. The van der Waals surface area contributed by atoms with E-state index in [-0.39, 0.29) is 11.8 Å². The maximum atomic E-state index is 13.1. The molecule has 49 heavy (non-hydrogen) atoms. The van der Waals surface area contributed by atoms with Crippen LogP contribution in [0.15, 0.2) is 158 Å². The molecule has 0 spiro atoms. The number of para-hydroxylation sites is 2. The fourth-order valence-corrected chi connectivity index (χ4v) is 5.45. The minimum Gasteiger partial charge on any atom is -0.492 e. The van der Waals surface area contributed by atoms with Crippen molar-refractivity contribution in [2.45, 2.75) is 19.3 Å². The second-order valence-corrected chi connectivity index (χ2v) is 11.6. The van der Waals surface area contributed by atoms with Crippen molar-refractivity contribution in [1.82, 2.24) is 0 Å². The predicted molar refractivity (Wildman–Crippen MR) is 196 cm³/mol. The molecule has 0 aliphatic heterocycles. The van der Waals surface area contributed by atoms with Crippen LogP contribution in [-0.2, 0) is 19.3 Å². The first-order valence-electron chi connectivity index (χ1n) is 16.4. The van der Waals surface area contributed by atoms with Crippen LogP contribution >= 0.6 is 0 Å². The average Bonchev–Trinajstić information content (AvgIpc) is 3.14. The van der Waals surface area contributed by atoms with Crippen LogP contribution in [0.3, 0.4) is 0 Å². The molecule has 6 heteroatoms. The molecule has 0 aliphatic rings. The summed E-state index contributed by atoms with van der Waals surface area (Å²) in [7, 11) is 0. The van der Waals surface area contributed by atoms with Gasteiger partial charge in [0.05, 0.1) is 24.3 Å². The number of hydrogen-bond donors (Lipinski definition) is 2. The molecule has 0 saturated carbocycles. The SMILES string of the molecule is O=C(Nc1ccc(Cc2ccc(NC(=O)c3ccccc3OCCc3ccccc3)cc2)cc1)c1ccccc1OCCc1ccccc1. The topological polar surface area (TPSA) is 76.7 Å². The van der Waals surface area contributed by atoms with E-state index in [1.807, 2.05) is 121 Å². The molecule has 2 amide bonds. The van der Waals surface area contributed by atoms with Gasteiger partial charge in [0.1, 0.15) is 11.5 Å². The summed E-state index contributed by atoms with van der Waals surface area (Å²) in [5.74, 6) is 0.677. The van der Waals surface area contributed by atoms with Crippen molar-refractivity contribution in [3.8, 4) is 11.5 Å². The molecule has 0 bridgehead atoms. The van der Waals surface area contributed by atoms with Crippen LogP contribution in [0.4, 0.5) is 11.4 Å². The summed E-state index contributed by atoms with van der Waals surface area (Å²) >= 11 is 0. The van der Waals surface area contributed by atoms with E-state index in [1.165, 1.54) is 11.1 Å². The van der Waals surface area contributed by atoms with E-state index in [0.29, 0.717) is 53.6 Å². The summed E-state index contributed by atoms with van der Waals surface area (Å²) in [5, 5.41) is 5.98. The van der Waals surface area contributed by atoms with Gasteiger partial charge in [-0.1, -0.05) is 109 Å². The third kappa shape index (κ3) is 9.46. The van der Waals surface area contributed by atoms with E-state index in [9.17, 15) is 9.59 Å². The Bertz CT molecular complexity index is 1810. The first-order chi connectivity index (χ1) is 24.1. The first-order valence-corrected chi connectivity index (χ1v) is 16.4. The standard InChI is InChI=1S/C43H38N2O4/c46-42(38-15-7-9-17-40(38)48-29-27-32-11-3-1-4-12-32)44-36-23-19-34(20-24-36)31-35-21-25-37(26-22-35)45-43(47)39-16-8-10-18-41(39)49-30-28-33-13-5-2-6-14-33/h1-26H,27-31H2,(H,44,46)(H,45,47). The van der Waals surface area contributed by atoms with Gasteiger partial charge < -0.3 is 20.1 Å². The van der Waals surface area contributed by atoms with Crippen molar-refractivity contribution in [3.63, 3.8) is 0 Å². The molecule has 0 aromatic heterocycles. The number of anilines is 2. The first kappa shape index (κ1) is 32.8. The molecule has 2 N–H and O–H groups in total. The zero-order valence-electron chi connectivity index (χ0n) is 27.2. The highest BCUT2D eigenvalue weighted by molar-refractivity contribution is 6.06. The molecule has 0 saturated heterocycles. The fraction of sp³-hybridized carbons (Fsp3) is 0.116. The van der Waals surface area contributed by atoms with Gasteiger partial charge in [-0.3, -0.25) is 9.59 Å². The van der Waals surface area contributed by atoms with Gasteiger partial charge in [0, 0.05) is 24.2 Å². The molecular weight excluding hydrogens is 608 g/mol. The predicted octanol–water partition coefficient (Wildman–Crippen LogP) is 9.03. The van der Waals surface area contributed by atoms with Gasteiger partial charge in [-0.05, 0) is 77.2 Å². The zero-order chi connectivity index (χ0) is 33.7. The molecule has 6 nitrogen and oxygen atoms in total. The molecule has 0 radical (unpaired) electrons. The van der Waals surface area contributed by atoms with Gasteiger partial charge in [0.15, 0.2) is 0 Å². The molecule has 0 unspecified atom stereocenters. The maximum Gasteiger partial charge on any atom is 0.259 e. The van der Waals surface area contributed by atoms with Gasteiger partial charge in [-0.25, -0.2) is 0 Å². The molecular formula is C43H38N2O4. The number of rotatable bonds is 14. The molecule has 0 aliphatic carbocycles. The van der Waals surface area contributed by atoms with E-state index < -0.39 is 0 Å². The number of hydrogen-bond acceptors (Lipinski definition) is 4. The Kier molecular flexibility index (Phi) is 11.1. The Morgan fingerprint density at radius 2 is 0.776 bits per heavy atom. The van der Waals surface area contributed by atoms with E-state index in [4.69, 9.17) is 9.47 Å². The fourth-order valence-electron chi connectivity index (χ4n) is 5.45. The Labute approximate surface area is 287 Å². The second-order valence-electron chi connectivity index (χ2n) is 11.6. The number of benzene rings is 6. The maximum absolute atomic E-state index is 13.1. The summed E-state index contributed by atoms with van der Waals surface area (Å²) in [5.41, 5.74) is 6.96. The van der Waals surface area contributed by atoms with Crippen LogP contribution in [0.2, 0.25) is 0 Å². The quantitative estimate of drug-likeness (QED) is 0.124. The highest BCUT2D eigenvalue weighted by Gasteiger charge is 2.14. The Hall–Kier alpha value is -6.14. The van der Waals surface area contributed by atoms with Crippen LogP contribution in [0.5, 0.6) is 11.5 Å². The van der Waals surface area contributed by atoms with Crippen molar-refractivity contribution < 1.29 is 19.1 Å². The van der Waals surface area contributed by atoms with Gasteiger partial charge in [-0.15, -0.1) is 0 Å². The molecule has 6 rings (SSSR count). The number of carbonyl (C=O) groups excluding carboxylic acids is 2. The largest absolute Gasteiger partial charge is 0.492 e. The zero-order valence-corrected chi connectivity index (χ0v) is 27.2. The Balaban J connectivity index is 0.995. The van der Waals surface area contributed by atoms with Crippen LogP contribution < -0.4 is 20.1 Å². The van der Waals surface area contributed by atoms with Crippen molar-refractivity contribution in [2.24, 2.45) is 0 Å². The van der Waals surface area contributed by atoms with Crippen molar-refractivity contribution in [2.75, 3.05) is 23.8 Å². The van der Waals surface area contributed by atoms with Gasteiger partial charge in [0.25, 0.3) is 11.8 Å². The van der Waals surface area contributed by atoms with Gasteiger partial charge in [-0.2, -0.15) is 0 Å². The van der Waals surface area contributed by atoms with E-state index in [0.717, 1.165) is 24.0 Å². The number of nitrogens with one attached hydrogen (secondary N) is 2. The van der Waals surface area contributed by atoms with E-state index in [1.54, 1.807) is 12.1 Å². The summed E-state index contributed by atoms with van der Waals surface area (Å²) < 4.78 is 12.0. The average molecular weight is 647 g/mol. The number of ether oxygens (including phenoxy) is 2. The van der Waals surface area contributed by atoms with Crippen LogP contribution in [0.1, 0.15) is 43.0 Å². The number of amides is 2. The monoisotopic (exact) mass is 646 g/mol. The third-order valence-electron chi connectivity index (χ3n) is 8.08. The normalized spacial score (nSPS) is 10.6. The van der Waals surface area contributed by atoms with Gasteiger partial charge in [0.2, 0.25) is 0 Å². The lowest BCUT2D eigenvalue weighted by atomic mass is 10.0. The number of carbonyl (C=O) groups is 2. The Morgan fingerprint density at radius 1 is 0.408 bits per heavy atom. The highest BCUT2D eigenvalue weighted by Crippen LogP contribution is 2.23. The summed E-state index contributed by atoms with van der Waals surface area (Å²) in [4.78, 5) is 26.3. The van der Waals surface area contributed by atoms with Crippen LogP contribution in [-0.4, -0.2) is 25.0 Å². The lowest BCUT2D eigenvalue weighted by Crippen LogP contribution is -2.14.